The van der Waals surface area contributed by atoms with E-state index in [1.165, 1.54) is 70.6 Å². The number of unbranched alkanes of at least 4 members (excludes halogenated alkanes) is 9. The molecule has 1 atom stereocenters. The molecule has 1 unspecified atom stereocenters. The van der Waals surface area contributed by atoms with E-state index >= 15 is 0 Å². The van der Waals surface area contributed by atoms with Gasteiger partial charge in [-0.2, -0.15) is 5.10 Å². The van der Waals surface area contributed by atoms with Crippen LogP contribution < -0.4 is 11.1 Å². The zero-order valence-corrected chi connectivity index (χ0v) is 13.5. The van der Waals surface area contributed by atoms with Crippen molar-refractivity contribution in [2.24, 2.45) is 5.10 Å². The molecule has 0 radical (unpaired) electrons. The van der Waals surface area contributed by atoms with Gasteiger partial charge in [-0.05, 0) is 12.8 Å². The predicted molar refractivity (Wildman–Crippen MR) is 87.1 cm³/mol. The van der Waals surface area contributed by atoms with Crippen LogP contribution in [0.15, 0.2) is 5.10 Å². The summed E-state index contributed by atoms with van der Waals surface area (Å²) >= 11 is 0. The highest BCUT2D eigenvalue weighted by Crippen LogP contribution is 2.14. The van der Waals surface area contributed by atoms with Crippen molar-refractivity contribution < 1.29 is 0 Å². The second kappa shape index (κ2) is 12.0. The van der Waals surface area contributed by atoms with E-state index in [1.54, 1.807) is 0 Å². The molecule has 1 rings (SSSR count). The van der Waals surface area contributed by atoms with Crippen LogP contribution in [0.4, 0.5) is 0 Å². The highest BCUT2D eigenvalue weighted by molar-refractivity contribution is 5.55. The Bertz CT molecular complexity index is 243. The molecular weight excluding hydrogens is 248 g/mol. The van der Waals surface area contributed by atoms with Crippen LogP contribution >= 0.6 is 0 Å². The summed E-state index contributed by atoms with van der Waals surface area (Å²) in [6.45, 7) is 4.53. The molecule has 0 aromatic carbocycles. The van der Waals surface area contributed by atoms with E-state index in [0.29, 0.717) is 6.04 Å². The van der Waals surface area contributed by atoms with Gasteiger partial charge in [0.05, 0.1) is 0 Å². The first-order chi connectivity index (χ1) is 9.88. The smallest absolute Gasteiger partial charge is 0.128 e. The van der Waals surface area contributed by atoms with Crippen molar-refractivity contribution in [3.05, 3.63) is 0 Å². The lowest BCUT2D eigenvalue weighted by Gasteiger charge is -2.24. The molecular formula is C16H34N4. The molecule has 4 heteroatoms. The molecule has 0 spiro atoms. The summed E-state index contributed by atoms with van der Waals surface area (Å²) < 4.78 is 0. The van der Waals surface area contributed by atoms with Crippen LogP contribution in [-0.4, -0.2) is 17.4 Å². The topological polar surface area (TPSA) is 39.7 Å². The molecule has 118 valence electrons. The highest BCUT2D eigenvalue weighted by Gasteiger charge is 2.15. The van der Waals surface area contributed by atoms with Gasteiger partial charge in [-0.3, -0.25) is 5.01 Å². The lowest BCUT2D eigenvalue weighted by molar-refractivity contribution is 0.207. The van der Waals surface area contributed by atoms with Crippen molar-refractivity contribution in [3.63, 3.8) is 0 Å². The van der Waals surface area contributed by atoms with E-state index in [2.05, 4.69) is 35.0 Å². The molecule has 1 aliphatic rings. The average Bonchev–Trinajstić information content (AvgIpc) is 2.99. The minimum atomic E-state index is 0.572. The molecule has 0 saturated carbocycles. The summed E-state index contributed by atoms with van der Waals surface area (Å²) in [6, 6.07) is 0.572. The lowest BCUT2D eigenvalue weighted by atomic mass is 10.0. The first kappa shape index (κ1) is 17.3. The molecule has 1 aliphatic heterocycles. The summed E-state index contributed by atoms with van der Waals surface area (Å²) in [7, 11) is 0. The molecule has 0 amide bonds. The van der Waals surface area contributed by atoms with E-state index in [1.807, 2.05) is 6.34 Å². The Hall–Kier alpha value is -0.770. The van der Waals surface area contributed by atoms with Gasteiger partial charge in [0, 0.05) is 6.04 Å². The normalized spacial score (nSPS) is 15.6. The van der Waals surface area contributed by atoms with Crippen molar-refractivity contribution in [3.8, 4) is 0 Å². The Labute approximate surface area is 125 Å². The van der Waals surface area contributed by atoms with E-state index in [9.17, 15) is 0 Å². The fraction of sp³-hybridized carbons (Fsp3) is 0.938. The molecule has 0 aromatic rings. The minimum absolute atomic E-state index is 0.572. The van der Waals surface area contributed by atoms with Gasteiger partial charge in [0.1, 0.15) is 6.34 Å². The maximum Gasteiger partial charge on any atom is 0.128 e. The number of nitrogens with one attached hydrogen (secondary N) is 2. The largest absolute Gasteiger partial charge is 0.275 e. The number of hydrogen-bond donors (Lipinski definition) is 2. The van der Waals surface area contributed by atoms with Gasteiger partial charge in [-0.1, -0.05) is 78.1 Å². The van der Waals surface area contributed by atoms with Gasteiger partial charge in [0.2, 0.25) is 0 Å². The summed E-state index contributed by atoms with van der Waals surface area (Å²) in [5.74, 6) is 0. The van der Waals surface area contributed by atoms with Crippen LogP contribution in [0, 0.1) is 0 Å². The van der Waals surface area contributed by atoms with E-state index in [4.69, 9.17) is 0 Å². The summed E-state index contributed by atoms with van der Waals surface area (Å²) in [5.41, 5.74) is 5.83. The second-order valence-electron chi connectivity index (χ2n) is 5.91. The molecule has 2 N–H and O–H groups in total. The monoisotopic (exact) mass is 282 g/mol. The third kappa shape index (κ3) is 7.73. The van der Waals surface area contributed by atoms with Gasteiger partial charge in [-0.15, -0.1) is 5.53 Å². The molecule has 0 aliphatic carbocycles. The maximum atomic E-state index is 3.97. The number of nitrogens with zero attached hydrogens (tertiary/aromatic N) is 2. The maximum absolute atomic E-state index is 3.97. The fourth-order valence-corrected chi connectivity index (χ4v) is 2.80. The zero-order chi connectivity index (χ0) is 14.5. The van der Waals surface area contributed by atoms with Crippen molar-refractivity contribution in [1.82, 2.24) is 16.1 Å². The summed E-state index contributed by atoms with van der Waals surface area (Å²) in [4.78, 5) is 0. The number of hydrazone groups is 1. The van der Waals surface area contributed by atoms with Crippen molar-refractivity contribution in [2.45, 2.75) is 96.9 Å². The molecule has 0 saturated heterocycles. The Morgan fingerprint density at radius 3 is 2.00 bits per heavy atom. The van der Waals surface area contributed by atoms with Gasteiger partial charge in [0.15, 0.2) is 0 Å². The van der Waals surface area contributed by atoms with Crippen molar-refractivity contribution in [1.29, 1.82) is 0 Å². The van der Waals surface area contributed by atoms with Crippen molar-refractivity contribution >= 4 is 6.34 Å². The van der Waals surface area contributed by atoms with Crippen LogP contribution in [0.3, 0.4) is 0 Å². The van der Waals surface area contributed by atoms with E-state index in [0.717, 1.165) is 6.42 Å². The highest BCUT2D eigenvalue weighted by atomic mass is 15.8. The van der Waals surface area contributed by atoms with Crippen LogP contribution in [0.5, 0.6) is 0 Å². The Morgan fingerprint density at radius 2 is 1.50 bits per heavy atom. The van der Waals surface area contributed by atoms with Crippen LogP contribution in [-0.2, 0) is 0 Å². The van der Waals surface area contributed by atoms with E-state index < -0.39 is 0 Å². The summed E-state index contributed by atoms with van der Waals surface area (Å²) in [5, 5.41) is 6.06. The molecule has 0 bridgehead atoms. The first-order valence-corrected chi connectivity index (χ1v) is 8.70. The Kier molecular flexibility index (Phi) is 10.4. The average molecular weight is 282 g/mol. The first-order valence-electron chi connectivity index (χ1n) is 8.70. The van der Waals surface area contributed by atoms with Crippen LogP contribution in [0.25, 0.3) is 0 Å². The molecule has 4 nitrogen and oxygen atoms in total. The minimum Gasteiger partial charge on any atom is -0.275 e. The number of hydrogen-bond acceptors (Lipinski definition) is 4. The molecule has 20 heavy (non-hydrogen) atoms. The quantitative estimate of drug-likeness (QED) is 0.493. The van der Waals surface area contributed by atoms with Crippen LogP contribution in [0.1, 0.15) is 90.9 Å². The second-order valence-corrected chi connectivity index (χ2v) is 5.91. The van der Waals surface area contributed by atoms with Crippen molar-refractivity contribution in [2.75, 3.05) is 0 Å². The third-order valence-electron chi connectivity index (χ3n) is 4.18. The van der Waals surface area contributed by atoms with Gasteiger partial charge in [-0.25, -0.2) is 5.53 Å². The molecule has 0 aromatic heterocycles. The predicted octanol–water partition coefficient (Wildman–Crippen LogP) is 4.34. The van der Waals surface area contributed by atoms with Gasteiger partial charge in [0.25, 0.3) is 0 Å². The Morgan fingerprint density at radius 1 is 0.900 bits per heavy atom. The number of hydrazine groups is 2. The zero-order valence-electron chi connectivity index (χ0n) is 13.5. The SMILES string of the molecule is CCCCCCCCCCCCC(CC)N1C=NNN1. The lowest BCUT2D eigenvalue weighted by Crippen LogP contribution is -2.44. The fourth-order valence-electron chi connectivity index (χ4n) is 2.80. The molecule has 0 fully saturated rings. The van der Waals surface area contributed by atoms with Gasteiger partial charge < -0.3 is 0 Å². The Balaban J connectivity index is 1.87. The third-order valence-corrected chi connectivity index (χ3v) is 4.18. The summed E-state index contributed by atoms with van der Waals surface area (Å²) in [6.07, 6.45) is 18.3. The van der Waals surface area contributed by atoms with Crippen LogP contribution in [0.2, 0.25) is 0 Å². The standard InChI is InChI=1S/C16H34N4/c1-3-5-6-7-8-9-10-11-12-13-14-16(4-2)20-15-17-18-19-20/h15-16,18-19H,3-14H2,1-2H3. The van der Waals surface area contributed by atoms with Gasteiger partial charge >= 0.3 is 0 Å². The van der Waals surface area contributed by atoms with E-state index in [-0.39, 0.29) is 0 Å². The number of rotatable bonds is 13. The molecule has 1 heterocycles.